The summed E-state index contributed by atoms with van der Waals surface area (Å²) in [5, 5.41) is 4.22. The van der Waals surface area contributed by atoms with Gasteiger partial charge in [0.1, 0.15) is 0 Å². The summed E-state index contributed by atoms with van der Waals surface area (Å²) in [7, 11) is 1.96. The number of benzene rings is 1. The van der Waals surface area contributed by atoms with Crippen LogP contribution in [-0.4, -0.2) is 23.6 Å². The summed E-state index contributed by atoms with van der Waals surface area (Å²) in [6.07, 6.45) is 2.06. The zero-order valence-electron chi connectivity index (χ0n) is 12.5. The second-order valence-electron chi connectivity index (χ2n) is 5.03. The highest BCUT2D eigenvalue weighted by Gasteiger charge is 2.11. The van der Waals surface area contributed by atoms with E-state index >= 15 is 0 Å². The molecule has 112 valence electrons. The largest absolute Gasteiger partial charge is 0.320 e. The summed E-state index contributed by atoms with van der Waals surface area (Å²) >= 11 is 12.0. The van der Waals surface area contributed by atoms with Gasteiger partial charge in [-0.25, -0.2) is 9.97 Å². The number of halogens is 2. The van der Waals surface area contributed by atoms with E-state index in [1.807, 2.05) is 27.0 Å². The van der Waals surface area contributed by atoms with E-state index < -0.39 is 0 Å². The topological polar surface area (TPSA) is 37.8 Å². The van der Waals surface area contributed by atoms with Gasteiger partial charge >= 0.3 is 0 Å². The van der Waals surface area contributed by atoms with Crippen LogP contribution in [0, 0.1) is 13.8 Å². The van der Waals surface area contributed by atoms with Crippen molar-refractivity contribution < 1.29 is 0 Å². The third-order valence-corrected chi connectivity index (χ3v) is 4.19. The number of nitrogens with zero attached hydrogens (tertiary/aromatic N) is 2. The molecule has 0 unspecified atom stereocenters. The third kappa shape index (κ3) is 3.94. The number of rotatable bonds is 5. The van der Waals surface area contributed by atoms with Gasteiger partial charge in [-0.2, -0.15) is 0 Å². The Morgan fingerprint density at radius 1 is 1.05 bits per heavy atom. The maximum atomic E-state index is 6.06. The lowest BCUT2D eigenvalue weighted by Gasteiger charge is -2.11. The van der Waals surface area contributed by atoms with Crippen LogP contribution in [0.4, 0.5) is 0 Å². The average molecular weight is 324 g/mol. The van der Waals surface area contributed by atoms with Gasteiger partial charge in [-0.3, -0.25) is 0 Å². The number of nitrogens with one attached hydrogen (secondary N) is 1. The second-order valence-corrected chi connectivity index (χ2v) is 5.85. The molecule has 0 aliphatic heterocycles. The Balaban J connectivity index is 2.32. The average Bonchev–Trinajstić information content (AvgIpc) is 2.44. The minimum absolute atomic E-state index is 0.520. The van der Waals surface area contributed by atoms with Crippen LogP contribution in [0.1, 0.15) is 23.4 Å². The van der Waals surface area contributed by atoms with Gasteiger partial charge in [0.15, 0.2) is 5.82 Å². The summed E-state index contributed by atoms with van der Waals surface area (Å²) < 4.78 is 0. The molecular formula is C16H19Cl2N3. The van der Waals surface area contributed by atoms with Crippen molar-refractivity contribution >= 4 is 23.2 Å². The Morgan fingerprint density at radius 2 is 1.71 bits per heavy atom. The molecular weight excluding hydrogens is 305 g/mol. The number of hydrogen-bond acceptors (Lipinski definition) is 3. The van der Waals surface area contributed by atoms with Gasteiger partial charge in [0.25, 0.3) is 0 Å². The molecule has 0 aliphatic carbocycles. The summed E-state index contributed by atoms with van der Waals surface area (Å²) in [4.78, 5) is 9.24. The Bertz CT molecular complexity index is 618. The lowest BCUT2D eigenvalue weighted by Crippen LogP contribution is -2.10. The molecule has 2 rings (SSSR count). The van der Waals surface area contributed by atoms with Gasteiger partial charge in [0.2, 0.25) is 0 Å². The van der Waals surface area contributed by atoms with Gasteiger partial charge in [-0.1, -0.05) is 23.2 Å². The maximum absolute atomic E-state index is 6.06. The molecule has 3 nitrogen and oxygen atoms in total. The van der Waals surface area contributed by atoms with Gasteiger partial charge < -0.3 is 5.32 Å². The lowest BCUT2D eigenvalue weighted by molar-refractivity contribution is 0.715. The van der Waals surface area contributed by atoms with Crippen LogP contribution < -0.4 is 5.32 Å². The van der Waals surface area contributed by atoms with E-state index in [0.29, 0.717) is 15.9 Å². The second kappa shape index (κ2) is 7.21. The first kappa shape index (κ1) is 16.2. The Morgan fingerprint density at radius 3 is 2.29 bits per heavy atom. The van der Waals surface area contributed by atoms with Crippen molar-refractivity contribution in [3.05, 3.63) is 45.2 Å². The fraction of sp³-hybridized carbons (Fsp3) is 0.375. The Labute approximate surface area is 135 Å². The minimum atomic E-state index is 0.520. The van der Waals surface area contributed by atoms with Gasteiger partial charge in [-0.15, -0.1) is 0 Å². The van der Waals surface area contributed by atoms with Crippen molar-refractivity contribution in [1.82, 2.24) is 15.3 Å². The molecule has 0 radical (unpaired) electrons. The van der Waals surface area contributed by atoms with E-state index in [1.165, 1.54) is 5.56 Å². The molecule has 1 heterocycles. The molecule has 0 atom stereocenters. The summed E-state index contributed by atoms with van der Waals surface area (Å²) in [6.45, 7) is 5.06. The monoisotopic (exact) mass is 323 g/mol. The summed E-state index contributed by atoms with van der Waals surface area (Å²) in [5.74, 6) is 0.695. The molecule has 1 aromatic carbocycles. The first-order valence-corrected chi connectivity index (χ1v) is 7.72. The lowest BCUT2D eigenvalue weighted by atomic mass is 10.1. The normalized spacial score (nSPS) is 10.9. The number of aromatic nitrogens is 2. The van der Waals surface area contributed by atoms with Crippen LogP contribution in [0.15, 0.2) is 18.2 Å². The highest BCUT2D eigenvalue weighted by molar-refractivity contribution is 6.42. The number of aryl methyl sites for hydroxylation is 2. The standard InChI is InChI=1S/C16H19Cl2N3/c1-10-13(5-4-8-19-3)11(2)21-16(20-10)12-6-7-14(17)15(18)9-12/h6-7,9,19H,4-5,8H2,1-3H3. The Hall–Kier alpha value is -1.16. The van der Waals surface area contributed by atoms with Crippen LogP contribution in [0.3, 0.4) is 0 Å². The van der Waals surface area contributed by atoms with E-state index in [2.05, 4.69) is 15.3 Å². The molecule has 0 saturated heterocycles. The van der Waals surface area contributed by atoms with Crippen molar-refractivity contribution in [2.75, 3.05) is 13.6 Å². The smallest absolute Gasteiger partial charge is 0.159 e. The third-order valence-electron chi connectivity index (χ3n) is 3.45. The van der Waals surface area contributed by atoms with E-state index in [4.69, 9.17) is 23.2 Å². The highest BCUT2D eigenvalue weighted by Crippen LogP contribution is 2.27. The van der Waals surface area contributed by atoms with Crippen molar-refractivity contribution in [1.29, 1.82) is 0 Å². The van der Waals surface area contributed by atoms with Crippen molar-refractivity contribution in [2.45, 2.75) is 26.7 Å². The van der Waals surface area contributed by atoms with Gasteiger partial charge in [0, 0.05) is 17.0 Å². The number of hydrogen-bond donors (Lipinski definition) is 1. The molecule has 0 saturated carbocycles. The molecule has 0 amide bonds. The van der Waals surface area contributed by atoms with Crippen molar-refractivity contribution in [3.8, 4) is 11.4 Å². The van der Waals surface area contributed by atoms with Crippen molar-refractivity contribution in [2.24, 2.45) is 0 Å². The molecule has 0 fully saturated rings. The fourth-order valence-electron chi connectivity index (χ4n) is 2.31. The molecule has 21 heavy (non-hydrogen) atoms. The Kier molecular flexibility index (Phi) is 5.57. The molecule has 5 heteroatoms. The molecule has 1 aromatic heterocycles. The van der Waals surface area contributed by atoms with E-state index in [1.54, 1.807) is 12.1 Å². The van der Waals surface area contributed by atoms with Crippen molar-refractivity contribution in [3.63, 3.8) is 0 Å². The first-order chi connectivity index (χ1) is 10.0. The van der Waals surface area contributed by atoms with E-state index in [-0.39, 0.29) is 0 Å². The predicted octanol–water partition coefficient (Wildman–Crippen LogP) is 4.22. The van der Waals surface area contributed by atoms with E-state index in [0.717, 1.165) is 36.3 Å². The molecule has 0 spiro atoms. The molecule has 0 bridgehead atoms. The maximum Gasteiger partial charge on any atom is 0.159 e. The zero-order valence-corrected chi connectivity index (χ0v) is 14.0. The molecule has 0 aliphatic rings. The first-order valence-electron chi connectivity index (χ1n) is 6.97. The SMILES string of the molecule is CNCCCc1c(C)nc(-c2ccc(Cl)c(Cl)c2)nc1C. The van der Waals surface area contributed by atoms with E-state index in [9.17, 15) is 0 Å². The van der Waals surface area contributed by atoms with Crippen LogP contribution >= 0.6 is 23.2 Å². The van der Waals surface area contributed by atoms with Crippen LogP contribution in [0.5, 0.6) is 0 Å². The van der Waals surface area contributed by atoms with Gasteiger partial charge in [-0.05, 0) is 64.0 Å². The minimum Gasteiger partial charge on any atom is -0.320 e. The summed E-state index contributed by atoms with van der Waals surface area (Å²) in [6, 6.07) is 5.47. The van der Waals surface area contributed by atoms with Gasteiger partial charge in [0.05, 0.1) is 10.0 Å². The zero-order chi connectivity index (χ0) is 15.4. The van der Waals surface area contributed by atoms with Crippen LogP contribution in [0.2, 0.25) is 10.0 Å². The fourth-order valence-corrected chi connectivity index (χ4v) is 2.61. The quantitative estimate of drug-likeness (QED) is 0.837. The highest BCUT2D eigenvalue weighted by atomic mass is 35.5. The van der Waals surface area contributed by atoms with Crippen LogP contribution in [-0.2, 0) is 6.42 Å². The van der Waals surface area contributed by atoms with Crippen LogP contribution in [0.25, 0.3) is 11.4 Å². The predicted molar refractivity (Wildman–Crippen MR) is 89.2 cm³/mol. The summed E-state index contributed by atoms with van der Waals surface area (Å²) in [5.41, 5.74) is 4.17. The molecule has 2 aromatic rings. The molecule has 1 N–H and O–H groups in total.